The van der Waals surface area contributed by atoms with Crippen LogP contribution in [0, 0.1) is 11.8 Å². The second-order valence-corrected chi connectivity index (χ2v) is 6.16. The van der Waals surface area contributed by atoms with Crippen molar-refractivity contribution in [2.75, 3.05) is 0 Å². The third-order valence-corrected chi connectivity index (χ3v) is 4.60. The molecule has 0 aliphatic heterocycles. The summed E-state index contributed by atoms with van der Waals surface area (Å²) in [6.07, 6.45) is 3.55. The first-order valence-electron chi connectivity index (χ1n) is 7.02. The number of allylic oxidation sites excluding steroid dienone is 2. The van der Waals surface area contributed by atoms with Crippen LogP contribution in [-0.2, 0) is 7.05 Å². The quantitative estimate of drug-likeness (QED) is 0.629. The van der Waals surface area contributed by atoms with Crippen molar-refractivity contribution in [3.63, 3.8) is 0 Å². The molecule has 0 fully saturated rings. The average molecular weight is 358 g/mol. The first kappa shape index (κ1) is 16.2. The second kappa shape index (κ2) is 6.48. The van der Waals surface area contributed by atoms with E-state index in [9.17, 15) is 9.59 Å². The van der Waals surface area contributed by atoms with Crippen molar-refractivity contribution in [2.45, 2.75) is 6.92 Å². The summed E-state index contributed by atoms with van der Waals surface area (Å²) in [7, 11) is 1.60. The van der Waals surface area contributed by atoms with Gasteiger partial charge in [-0.25, -0.2) is 14.3 Å². The molecular weight excluding hydrogens is 346 g/mol. The fourth-order valence-corrected chi connectivity index (χ4v) is 3.25. The van der Waals surface area contributed by atoms with Crippen molar-refractivity contribution in [1.29, 1.82) is 0 Å². The van der Waals surface area contributed by atoms with Crippen molar-refractivity contribution < 1.29 is 0 Å². The van der Waals surface area contributed by atoms with Crippen LogP contribution >= 0.6 is 22.9 Å². The summed E-state index contributed by atoms with van der Waals surface area (Å²) in [6, 6.07) is 4.96. The molecule has 0 bridgehead atoms. The van der Waals surface area contributed by atoms with E-state index in [0.29, 0.717) is 16.1 Å². The fourth-order valence-electron chi connectivity index (χ4n) is 2.24. The van der Waals surface area contributed by atoms with Crippen LogP contribution in [0.15, 0.2) is 45.5 Å². The summed E-state index contributed by atoms with van der Waals surface area (Å²) in [6.45, 7) is 1.88. The van der Waals surface area contributed by atoms with Gasteiger partial charge in [0.05, 0.1) is 16.2 Å². The number of halogens is 1. The molecule has 0 aliphatic carbocycles. The maximum absolute atomic E-state index is 12.6. The van der Waals surface area contributed by atoms with Gasteiger partial charge in [0.15, 0.2) is 5.52 Å². The Balaban J connectivity index is 2.24. The highest BCUT2D eigenvalue weighted by Gasteiger charge is 2.16. The predicted molar refractivity (Wildman–Crippen MR) is 97.2 cm³/mol. The van der Waals surface area contributed by atoms with E-state index in [4.69, 9.17) is 11.6 Å². The summed E-state index contributed by atoms with van der Waals surface area (Å²) in [5, 5.41) is 0.274. The van der Waals surface area contributed by atoms with Crippen LogP contribution in [0.1, 0.15) is 12.5 Å². The Morgan fingerprint density at radius 3 is 2.83 bits per heavy atom. The smallest absolute Gasteiger partial charge is 0.286 e. The summed E-state index contributed by atoms with van der Waals surface area (Å²) in [5.41, 5.74) is 1.85. The van der Waals surface area contributed by atoms with E-state index in [1.165, 1.54) is 21.4 Å². The summed E-state index contributed by atoms with van der Waals surface area (Å²) < 4.78 is 2.43. The van der Waals surface area contributed by atoms with Crippen LogP contribution in [0.4, 0.5) is 0 Å². The Bertz CT molecular complexity index is 1140. The van der Waals surface area contributed by atoms with E-state index in [0.717, 1.165) is 4.57 Å². The number of nitrogens with zero attached hydrogens (tertiary/aromatic N) is 3. The van der Waals surface area contributed by atoms with Gasteiger partial charge in [-0.1, -0.05) is 29.5 Å². The SMILES string of the molecule is C/C=C/C#Cc1ccc(-n2c(=O)c3ncsc3n(C)c2=O)c(Cl)c1. The molecule has 0 saturated carbocycles. The zero-order valence-corrected chi connectivity index (χ0v) is 14.5. The molecule has 5 nitrogen and oxygen atoms in total. The summed E-state index contributed by atoms with van der Waals surface area (Å²) >= 11 is 7.53. The second-order valence-electron chi connectivity index (χ2n) is 4.92. The molecule has 0 spiro atoms. The Kier molecular flexibility index (Phi) is 4.38. The highest BCUT2D eigenvalue weighted by molar-refractivity contribution is 7.16. The minimum absolute atomic E-state index is 0.245. The minimum atomic E-state index is -0.482. The molecule has 0 atom stereocenters. The number of aryl methyl sites for hydroxylation is 1. The molecule has 24 heavy (non-hydrogen) atoms. The molecule has 2 heterocycles. The number of fused-ring (bicyclic) bond motifs is 1. The van der Waals surface area contributed by atoms with Crippen molar-refractivity contribution in [1.82, 2.24) is 14.1 Å². The van der Waals surface area contributed by atoms with Crippen LogP contribution < -0.4 is 11.2 Å². The van der Waals surface area contributed by atoms with Crippen molar-refractivity contribution in [3.8, 4) is 17.5 Å². The average Bonchev–Trinajstić information content (AvgIpc) is 3.05. The van der Waals surface area contributed by atoms with Gasteiger partial charge in [0, 0.05) is 12.6 Å². The summed E-state index contributed by atoms with van der Waals surface area (Å²) in [5.74, 6) is 5.79. The number of rotatable bonds is 1. The van der Waals surface area contributed by atoms with Gasteiger partial charge in [-0.2, -0.15) is 0 Å². The molecule has 0 aliphatic rings. The third kappa shape index (κ3) is 2.68. The lowest BCUT2D eigenvalue weighted by Gasteiger charge is -2.09. The normalized spacial score (nSPS) is 11.0. The first-order chi connectivity index (χ1) is 11.5. The minimum Gasteiger partial charge on any atom is -0.286 e. The summed E-state index contributed by atoms with van der Waals surface area (Å²) in [4.78, 5) is 29.8. The molecule has 0 radical (unpaired) electrons. The molecule has 0 N–H and O–H groups in total. The third-order valence-electron chi connectivity index (χ3n) is 3.39. The lowest BCUT2D eigenvalue weighted by molar-refractivity contribution is 0.776. The molecule has 1 aromatic carbocycles. The maximum atomic E-state index is 12.6. The van der Waals surface area contributed by atoms with Gasteiger partial charge in [-0.3, -0.25) is 9.36 Å². The van der Waals surface area contributed by atoms with Crippen LogP contribution in [-0.4, -0.2) is 14.1 Å². The van der Waals surface area contributed by atoms with Crippen molar-refractivity contribution in [2.24, 2.45) is 7.05 Å². The molecule has 0 amide bonds. The lowest BCUT2D eigenvalue weighted by atomic mass is 10.2. The monoisotopic (exact) mass is 357 g/mol. The van der Waals surface area contributed by atoms with Gasteiger partial charge in [0.1, 0.15) is 4.83 Å². The molecule has 120 valence electrons. The Morgan fingerprint density at radius 2 is 2.12 bits per heavy atom. The lowest BCUT2D eigenvalue weighted by Crippen LogP contribution is -2.37. The Labute approximate surface area is 146 Å². The van der Waals surface area contributed by atoms with Crippen molar-refractivity contribution >= 4 is 33.3 Å². The standard InChI is InChI=1S/C17H12ClN3O2S/c1-3-4-5-6-11-7-8-13(12(18)9-11)21-15(22)14-16(24-10-19-14)20(2)17(21)23/h3-4,7-10H,1-2H3/b4-3+. The van der Waals surface area contributed by atoms with Gasteiger partial charge in [0.2, 0.25) is 0 Å². The van der Waals surface area contributed by atoms with Gasteiger partial charge >= 0.3 is 5.69 Å². The molecule has 3 rings (SSSR count). The van der Waals surface area contributed by atoms with E-state index in [1.54, 1.807) is 31.3 Å². The zero-order chi connectivity index (χ0) is 17.3. The molecule has 7 heteroatoms. The molecule has 0 unspecified atom stereocenters. The van der Waals surface area contributed by atoms with Gasteiger partial charge in [0.25, 0.3) is 5.56 Å². The maximum Gasteiger partial charge on any atom is 0.336 e. The van der Waals surface area contributed by atoms with Crippen molar-refractivity contribution in [3.05, 3.63) is 67.3 Å². The largest absolute Gasteiger partial charge is 0.336 e. The topological polar surface area (TPSA) is 56.9 Å². The van der Waals surface area contributed by atoms with E-state index >= 15 is 0 Å². The molecular formula is C17H12ClN3O2S. The first-order valence-corrected chi connectivity index (χ1v) is 8.28. The zero-order valence-electron chi connectivity index (χ0n) is 12.9. The number of hydrogen-bond acceptors (Lipinski definition) is 4. The van der Waals surface area contributed by atoms with E-state index in [2.05, 4.69) is 16.8 Å². The van der Waals surface area contributed by atoms with Crippen LogP contribution in [0.2, 0.25) is 5.02 Å². The highest BCUT2D eigenvalue weighted by Crippen LogP contribution is 2.20. The van der Waals surface area contributed by atoms with Crippen LogP contribution in [0.5, 0.6) is 0 Å². The van der Waals surface area contributed by atoms with E-state index < -0.39 is 11.2 Å². The molecule has 2 aromatic heterocycles. The Hall–Kier alpha value is -2.62. The predicted octanol–water partition coefficient (Wildman–Crippen LogP) is 2.73. The fraction of sp³-hybridized carbons (Fsp3) is 0.118. The number of aromatic nitrogens is 3. The Morgan fingerprint density at radius 1 is 1.33 bits per heavy atom. The number of benzene rings is 1. The van der Waals surface area contributed by atoms with E-state index in [-0.39, 0.29) is 10.5 Å². The van der Waals surface area contributed by atoms with Gasteiger partial charge in [-0.05, 0) is 31.2 Å². The van der Waals surface area contributed by atoms with Gasteiger partial charge in [-0.15, -0.1) is 11.3 Å². The highest BCUT2D eigenvalue weighted by atomic mass is 35.5. The molecule has 3 aromatic rings. The van der Waals surface area contributed by atoms with Gasteiger partial charge < -0.3 is 0 Å². The van der Waals surface area contributed by atoms with E-state index in [1.807, 2.05) is 13.0 Å². The van der Waals surface area contributed by atoms with Crippen LogP contribution in [0.3, 0.4) is 0 Å². The van der Waals surface area contributed by atoms with Crippen LogP contribution in [0.25, 0.3) is 16.0 Å². The number of hydrogen-bond donors (Lipinski definition) is 0. The molecule has 0 saturated heterocycles. The number of thiazole rings is 1.